The summed E-state index contributed by atoms with van der Waals surface area (Å²) in [5.41, 5.74) is 6.08. The zero-order valence-electron chi connectivity index (χ0n) is 8.83. The van der Waals surface area contributed by atoms with Gasteiger partial charge in [-0.2, -0.15) is 0 Å². The zero-order chi connectivity index (χ0) is 11.9. The summed E-state index contributed by atoms with van der Waals surface area (Å²) in [5, 5.41) is 7.69. The molecule has 1 aromatic heterocycles. The van der Waals surface area contributed by atoms with Crippen LogP contribution in [0.25, 0.3) is 11.4 Å². The van der Waals surface area contributed by atoms with Crippen LogP contribution in [0.5, 0.6) is 0 Å². The molecule has 0 saturated carbocycles. The largest absolute Gasteiger partial charge is 0.398 e. The summed E-state index contributed by atoms with van der Waals surface area (Å²) in [6, 6.07) is 1.96. The summed E-state index contributed by atoms with van der Waals surface area (Å²) >= 11 is 0. The highest BCUT2D eigenvalue weighted by Gasteiger charge is 2.14. The van der Waals surface area contributed by atoms with Crippen LogP contribution in [0, 0.1) is 18.6 Å². The Morgan fingerprint density at radius 2 is 1.81 bits per heavy atom. The second-order valence-corrected chi connectivity index (χ2v) is 3.48. The van der Waals surface area contributed by atoms with Gasteiger partial charge in [-0.25, -0.2) is 8.78 Å². The van der Waals surface area contributed by atoms with Crippen LogP contribution in [-0.2, 0) is 7.05 Å². The van der Waals surface area contributed by atoms with Crippen LogP contribution in [-0.4, -0.2) is 14.8 Å². The van der Waals surface area contributed by atoms with E-state index < -0.39 is 11.6 Å². The Kier molecular flexibility index (Phi) is 2.34. The number of nitrogens with two attached hydrogens (primary N) is 1. The molecule has 0 atom stereocenters. The second kappa shape index (κ2) is 3.55. The monoisotopic (exact) mass is 224 g/mol. The molecule has 0 unspecified atom stereocenters. The van der Waals surface area contributed by atoms with Gasteiger partial charge < -0.3 is 10.3 Å². The molecule has 1 aromatic carbocycles. The van der Waals surface area contributed by atoms with E-state index in [1.807, 2.05) is 0 Å². The van der Waals surface area contributed by atoms with Gasteiger partial charge in [-0.05, 0) is 13.0 Å². The smallest absolute Gasteiger partial charge is 0.165 e. The van der Waals surface area contributed by atoms with E-state index in [2.05, 4.69) is 10.2 Å². The highest BCUT2D eigenvalue weighted by Crippen LogP contribution is 2.26. The van der Waals surface area contributed by atoms with Crippen LogP contribution < -0.4 is 5.73 Å². The van der Waals surface area contributed by atoms with E-state index in [0.717, 1.165) is 12.1 Å². The molecule has 0 fully saturated rings. The lowest BCUT2D eigenvalue weighted by Crippen LogP contribution is -2.00. The number of aromatic nitrogens is 3. The maximum Gasteiger partial charge on any atom is 0.165 e. The van der Waals surface area contributed by atoms with Gasteiger partial charge in [-0.1, -0.05) is 0 Å². The van der Waals surface area contributed by atoms with Crippen LogP contribution in [0.1, 0.15) is 5.82 Å². The van der Waals surface area contributed by atoms with E-state index in [0.29, 0.717) is 17.2 Å². The highest BCUT2D eigenvalue weighted by molar-refractivity contribution is 5.71. The normalized spacial score (nSPS) is 10.8. The molecule has 0 aliphatic carbocycles. The molecule has 0 bridgehead atoms. The van der Waals surface area contributed by atoms with Gasteiger partial charge in [0.25, 0.3) is 0 Å². The molecule has 2 rings (SSSR count). The summed E-state index contributed by atoms with van der Waals surface area (Å²) in [7, 11) is 1.73. The summed E-state index contributed by atoms with van der Waals surface area (Å²) in [6.07, 6.45) is 0. The van der Waals surface area contributed by atoms with E-state index in [1.54, 1.807) is 18.5 Å². The number of rotatable bonds is 1. The molecule has 0 aliphatic rings. The van der Waals surface area contributed by atoms with Crippen molar-refractivity contribution >= 4 is 5.69 Å². The van der Waals surface area contributed by atoms with Gasteiger partial charge in [0.05, 0.1) is 0 Å². The topological polar surface area (TPSA) is 56.7 Å². The lowest BCUT2D eigenvalue weighted by atomic mass is 10.1. The molecule has 4 nitrogen and oxygen atoms in total. The third kappa shape index (κ3) is 1.52. The minimum Gasteiger partial charge on any atom is -0.398 e. The van der Waals surface area contributed by atoms with Crippen LogP contribution in [0.4, 0.5) is 14.5 Å². The zero-order valence-corrected chi connectivity index (χ0v) is 8.83. The molecule has 2 aromatic rings. The fourth-order valence-corrected chi connectivity index (χ4v) is 1.40. The van der Waals surface area contributed by atoms with E-state index in [9.17, 15) is 8.78 Å². The van der Waals surface area contributed by atoms with Gasteiger partial charge in [0.15, 0.2) is 17.5 Å². The van der Waals surface area contributed by atoms with Crippen molar-refractivity contribution in [2.45, 2.75) is 6.92 Å². The number of hydrogen-bond donors (Lipinski definition) is 1. The van der Waals surface area contributed by atoms with Crippen molar-refractivity contribution in [3.05, 3.63) is 29.6 Å². The molecule has 16 heavy (non-hydrogen) atoms. The number of hydrogen-bond acceptors (Lipinski definition) is 3. The van der Waals surface area contributed by atoms with Gasteiger partial charge in [0.2, 0.25) is 0 Å². The fourth-order valence-electron chi connectivity index (χ4n) is 1.40. The Morgan fingerprint density at radius 3 is 2.38 bits per heavy atom. The number of aryl methyl sites for hydroxylation is 1. The van der Waals surface area contributed by atoms with Crippen LogP contribution in [0.15, 0.2) is 12.1 Å². The standard InChI is InChI=1S/C10H10F2N4/c1-5-14-15-10(16(5)2)6-3-7(11)8(12)4-9(6)13/h3-4H,13H2,1-2H3. The van der Waals surface area contributed by atoms with Gasteiger partial charge in [0.1, 0.15) is 5.82 Å². The van der Waals surface area contributed by atoms with Crippen LogP contribution >= 0.6 is 0 Å². The van der Waals surface area contributed by atoms with Crippen LogP contribution in [0.3, 0.4) is 0 Å². The predicted molar refractivity (Wildman–Crippen MR) is 55.5 cm³/mol. The van der Waals surface area contributed by atoms with Crippen molar-refractivity contribution in [1.82, 2.24) is 14.8 Å². The van der Waals surface area contributed by atoms with E-state index >= 15 is 0 Å². The third-order valence-corrected chi connectivity index (χ3v) is 2.43. The average Bonchev–Trinajstić information content (AvgIpc) is 2.54. The van der Waals surface area contributed by atoms with Crippen LogP contribution in [0.2, 0.25) is 0 Å². The summed E-state index contributed by atoms with van der Waals surface area (Å²) < 4.78 is 27.6. The number of halogens is 2. The molecule has 84 valence electrons. The van der Waals surface area contributed by atoms with Gasteiger partial charge in [-0.3, -0.25) is 0 Å². The molecule has 0 amide bonds. The molecule has 2 N–H and O–H groups in total. The van der Waals surface area contributed by atoms with Crippen molar-refractivity contribution < 1.29 is 8.78 Å². The van der Waals surface area contributed by atoms with Gasteiger partial charge in [-0.15, -0.1) is 10.2 Å². The van der Waals surface area contributed by atoms with E-state index in [4.69, 9.17) is 5.73 Å². The minimum absolute atomic E-state index is 0.134. The minimum atomic E-state index is -0.972. The first-order chi connectivity index (χ1) is 7.50. The first kappa shape index (κ1) is 10.5. The SMILES string of the molecule is Cc1nnc(-c2cc(F)c(F)cc2N)n1C. The molecule has 1 heterocycles. The quantitative estimate of drug-likeness (QED) is 0.749. The lowest BCUT2D eigenvalue weighted by molar-refractivity contribution is 0.509. The highest BCUT2D eigenvalue weighted by atomic mass is 19.2. The maximum absolute atomic E-state index is 13.1. The first-order valence-electron chi connectivity index (χ1n) is 4.61. The van der Waals surface area contributed by atoms with Gasteiger partial charge in [0, 0.05) is 24.4 Å². The molecule has 6 heteroatoms. The van der Waals surface area contributed by atoms with Crippen molar-refractivity contribution in [2.75, 3.05) is 5.73 Å². The second-order valence-electron chi connectivity index (χ2n) is 3.48. The Hall–Kier alpha value is -1.98. The molecule has 0 saturated heterocycles. The number of benzene rings is 1. The molecule has 0 aliphatic heterocycles. The molecular weight excluding hydrogens is 214 g/mol. The average molecular weight is 224 g/mol. The Bertz CT molecular complexity index is 548. The molecular formula is C10H10F2N4. The Balaban J connectivity index is 2.65. The van der Waals surface area contributed by atoms with Gasteiger partial charge >= 0.3 is 0 Å². The maximum atomic E-state index is 13.1. The number of anilines is 1. The first-order valence-corrected chi connectivity index (χ1v) is 4.61. The molecule has 0 radical (unpaired) electrons. The van der Waals surface area contributed by atoms with Crippen molar-refractivity contribution in [3.63, 3.8) is 0 Å². The fraction of sp³-hybridized carbons (Fsp3) is 0.200. The number of nitrogen functional groups attached to an aromatic ring is 1. The van der Waals surface area contributed by atoms with E-state index in [-0.39, 0.29) is 5.69 Å². The third-order valence-electron chi connectivity index (χ3n) is 2.43. The van der Waals surface area contributed by atoms with Crippen molar-refractivity contribution in [2.24, 2.45) is 7.05 Å². The predicted octanol–water partition coefficient (Wildman–Crippen LogP) is 1.65. The summed E-state index contributed by atoms with van der Waals surface area (Å²) in [6.45, 7) is 1.76. The molecule has 0 spiro atoms. The number of nitrogens with zero attached hydrogens (tertiary/aromatic N) is 3. The van der Waals surface area contributed by atoms with Crippen molar-refractivity contribution in [1.29, 1.82) is 0 Å². The Morgan fingerprint density at radius 1 is 1.19 bits per heavy atom. The lowest BCUT2D eigenvalue weighted by Gasteiger charge is -2.06. The Labute approximate surface area is 90.7 Å². The summed E-state index contributed by atoms with van der Waals surface area (Å²) in [4.78, 5) is 0. The van der Waals surface area contributed by atoms with E-state index in [1.165, 1.54) is 0 Å². The van der Waals surface area contributed by atoms with Crippen molar-refractivity contribution in [3.8, 4) is 11.4 Å². The summed E-state index contributed by atoms with van der Waals surface area (Å²) in [5.74, 6) is -0.849.